The van der Waals surface area contributed by atoms with E-state index < -0.39 is 12.0 Å². The number of carboxylic acids is 1. The van der Waals surface area contributed by atoms with Crippen LogP contribution in [0.2, 0.25) is 0 Å². The van der Waals surface area contributed by atoms with Gasteiger partial charge in [-0.25, -0.2) is 0 Å². The number of aliphatic carboxylic acids is 1. The van der Waals surface area contributed by atoms with Crippen LogP contribution in [0.1, 0.15) is 24.4 Å². The van der Waals surface area contributed by atoms with Crippen molar-refractivity contribution in [2.24, 2.45) is 5.73 Å². The Balaban J connectivity index is 2.76. The summed E-state index contributed by atoms with van der Waals surface area (Å²) in [4.78, 5) is 10.3. The molecule has 0 aromatic heterocycles. The van der Waals surface area contributed by atoms with Crippen LogP contribution in [0.3, 0.4) is 0 Å². The average Bonchev–Trinajstić information content (AvgIpc) is 2.18. The smallest absolute Gasteiger partial charge is 0.303 e. The minimum atomic E-state index is -0.908. The summed E-state index contributed by atoms with van der Waals surface area (Å²) in [6, 6.07) is 4.06. The van der Waals surface area contributed by atoms with Crippen LogP contribution < -0.4 is 11.5 Å². The summed E-state index contributed by atoms with van der Waals surface area (Å²) in [5.74, 6) is -0.865. The molecular formula is C10H14N2O3. The molecule has 1 atom stereocenters. The Bertz CT molecular complexity index is 366. The number of rotatable bonds is 4. The summed E-state index contributed by atoms with van der Waals surface area (Å²) in [6.07, 6.45) is 0.238. The Morgan fingerprint density at radius 1 is 1.47 bits per heavy atom. The van der Waals surface area contributed by atoms with Crippen molar-refractivity contribution in [3.05, 3.63) is 23.8 Å². The molecular weight excluding hydrogens is 196 g/mol. The van der Waals surface area contributed by atoms with Crippen molar-refractivity contribution in [2.75, 3.05) is 5.73 Å². The van der Waals surface area contributed by atoms with Gasteiger partial charge < -0.3 is 21.7 Å². The number of carbonyl (C=O) groups is 1. The monoisotopic (exact) mass is 210 g/mol. The Labute approximate surface area is 87.3 Å². The molecule has 5 nitrogen and oxygen atoms in total. The van der Waals surface area contributed by atoms with Crippen molar-refractivity contribution < 1.29 is 15.0 Å². The van der Waals surface area contributed by atoms with Gasteiger partial charge in [0.25, 0.3) is 0 Å². The number of phenolic OH excluding ortho intramolecular Hbond substituents is 1. The maximum absolute atomic E-state index is 10.3. The molecule has 15 heavy (non-hydrogen) atoms. The minimum absolute atomic E-state index is 0.0323. The van der Waals surface area contributed by atoms with Crippen LogP contribution in [0.25, 0.3) is 0 Å². The number of anilines is 1. The molecule has 0 fully saturated rings. The maximum atomic E-state index is 10.3. The van der Waals surface area contributed by atoms with Gasteiger partial charge in [0.15, 0.2) is 0 Å². The Morgan fingerprint density at radius 2 is 2.13 bits per heavy atom. The first kappa shape index (κ1) is 11.3. The van der Waals surface area contributed by atoms with E-state index in [1.54, 1.807) is 12.1 Å². The van der Waals surface area contributed by atoms with Crippen molar-refractivity contribution in [1.29, 1.82) is 0 Å². The zero-order valence-electron chi connectivity index (χ0n) is 8.18. The van der Waals surface area contributed by atoms with Crippen LogP contribution in [0.5, 0.6) is 5.75 Å². The Kier molecular flexibility index (Phi) is 3.51. The molecule has 0 bridgehead atoms. The highest BCUT2D eigenvalue weighted by molar-refractivity contribution is 5.66. The van der Waals surface area contributed by atoms with Crippen LogP contribution in [0.4, 0.5) is 5.69 Å². The SMILES string of the molecule is Nc1ccc(O)c([C@H](N)CCC(=O)O)c1. The second kappa shape index (κ2) is 4.65. The van der Waals surface area contributed by atoms with E-state index in [-0.39, 0.29) is 18.6 Å². The molecule has 1 aromatic carbocycles. The van der Waals surface area contributed by atoms with Gasteiger partial charge in [-0.1, -0.05) is 0 Å². The van der Waals surface area contributed by atoms with E-state index in [0.717, 1.165) is 0 Å². The van der Waals surface area contributed by atoms with Gasteiger partial charge >= 0.3 is 5.97 Å². The predicted molar refractivity (Wildman–Crippen MR) is 56.3 cm³/mol. The van der Waals surface area contributed by atoms with E-state index in [0.29, 0.717) is 11.3 Å². The third-order valence-electron chi connectivity index (χ3n) is 2.12. The molecule has 5 heteroatoms. The quantitative estimate of drug-likeness (QED) is 0.435. The van der Waals surface area contributed by atoms with Crippen molar-refractivity contribution in [2.45, 2.75) is 18.9 Å². The first-order valence-corrected chi connectivity index (χ1v) is 4.56. The highest BCUT2D eigenvalue weighted by atomic mass is 16.4. The molecule has 0 aliphatic heterocycles. The second-order valence-electron chi connectivity index (χ2n) is 3.36. The topological polar surface area (TPSA) is 110 Å². The third-order valence-corrected chi connectivity index (χ3v) is 2.12. The molecule has 0 amide bonds. The van der Waals surface area contributed by atoms with Gasteiger partial charge in [0.2, 0.25) is 0 Å². The summed E-state index contributed by atoms with van der Waals surface area (Å²) in [6.45, 7) is 0. The Hall–Kier alpha value is -1.75. The van der Waals surface area contributed by atoms with Gasteiger partial charge in [-0.3, -0.25) is 4.79 Å². The van der Waals surface area contributed by atoms with E-state index in [9.17, 15) is 9.90 Å². The number of hydrogen-bond acceptors (Lipinski definition) is 4. The van der Waals surface area contributed by atoms with Crippen LogP contribution in [-0.4, -0.2) is 16.2 Å². The Morgan fingerprint density at radius 3 is 2.73 bits per heavy atom. The molecule has 0 unspecified atom stereocenters. The van der Waals surface area contributed by atoms with E-state index in [2.05, 4.69) is 0 Å². The van der Waals surface area contributed by atoms with Crippen molar-refractivity contribution in [3.8, 4) is 5.75 Å². The van der Waals surface area contributed by atoms with E-state index in [1.807, 2.05) is 0 Å². The van der Waals surface area contributed by atoms with Gasteiger partial charge in [-0.2, -0.15) is 0 Å². The predicted octanol–water partition coefficient (Wildman–Crippen LogP) is 0.839. The van der Waals surface area contributed by atoms with Crippen molar-refractivity contribution in [1.82, 2.24) is 0 Å². The molecule has 82 valence electrons. The molecule has 1 rings (SSSR count). The molecule has 0 heterocycles. The molecule has 0 aliphatic rings. The van der Waals surface area contributed by atoms with Crippen LogP contribution in [0.15, 0.2) is 18.2 Å². The van der Waals surface area contributed by atoms with Crippen LogP contribution in [-0.2, 0) is 4.79 Å². The molecule has 0 aliphatic carbocycles. The largest absolute Gasteiger partial charge is 0.508 e. The lowest BCUT2D eigenvalue weighted by atomic mass is 10.0. The lowest BCUT2D eigenvalue weighted by Gasteiger charge is -2.12. The fraction of sp³-hybridized carbons (Fsp3) is 0.300. The lowest BCUT2D eigenvalue weighted by Crippen LogP contribution is -2.12. The molecule has 0 radical (unpaired) electrons. The molecule has 1 aromatic rings. The zero-order chi connectivity index (χ0) is 11.4. The number of hydrogen-bond donors (Lipinski definition) is 4. The summed E-state index contributed by atoms with van der Waals surface area (Å²) < 4.78 is 0. The summed E-state index contributed by atoms with van der Waals surface area (Å²) in [5, 5.41) is 18.0. The average molecular weight is 210 g/mol. The molecule has 0 spiro atoms. The normalized spacial score (nSPS) is 12.3. The fourth-order valence-electron chi connectivity index (χ4n) is 1.30. The molecule has 0 saturated heterocycles. The number of aromatic hydroxyl groups is 1. The van der Waals surface area contributed by atoms with Crippen molar-refractivity contribution >= 4 is 11.7 Å². The van der Waals surface area contributed by atoms with Gasteiger partial charge in [-0.15, -0.1) is 0 Å². The molecule has 6 N–H and O–H groups in total. The first-order chi connectivity index (χ1) is 7.00. The van der Waals surface area contributed by atoms with Crippen LogP contribution >= 0.6 is 0 Å². The number of nitrogen functional groups attached to an aromatic ring is 1. The summed E-state index contributed by atoms with van der Waals surface area (Å²) in [7, 11) is 0. The highest BCUT2D eigenvalue weighted by Gasteiger charge is 2.12. The maximum Gasteiger partial charge on any atom is 0.303 e. The number of benzene rings is 1. The zero-order valence-corrected chi connectivity index (χ0v) is 8.18. The minimum Gasteiger partial charge on any atom is -0.508 e. The lowest BCUT2D eigenvalue weighted by molar-refractivity contribution is -0.137. The second-order valence-corrected chi connectivity index (χ2v) is 3.36. The third kappa shape index (κ3) is 3.14. The van der Waals surface area contributed by atoms with Gasteiger partial charge in [0, 0.05) is 23.7 Å². The molecule has 0 saturated carbocycles. The number of phenols is 1. The van der Waals surface area contributed by atoms with Gasteiger partial charge in [0.05, 0.1) is 0 Å². The van der Waals surface area contributed by atoms with Gasteiger partial charge in [0.1, 0.15) is 5.75 Å². The van der Waals surface area contributed by atoms with Gasteiger partial charge in [-0.05, 0) is 24.6 Å². The highest BCUT2D eigenvalue weighted by Crippen LogP contribution is 2.27. The fourth-order valence-corrected chi connectivity index (χ4v) is 1.30. The van der Waals surface area contributed by atoms with Crippen molar-refractivity contribution in [3.63, 3.8) is 0 Å². The number of nitrogens with two attached hydrogens (primary N) is 2. The van der Waals surface area contributed by atoms with E-state index >= 15 is 0 Å². The summed E-state index contributed by atoms with van der Waals surface area (Å²) >= 11 is 0. The van der Waals surface area contributed by atoms with E-state index in [4.69, 9.17) is 16.6 Å². The standard InChI is InChI=1S/C10H14N2O3/c11-6-1-3-9(13)7(5-6)8(12)2-4-10(14)15/h1,3,5,8,13H,2,4,11-12H2,(H,14,15)/t8-/m1/s1. The summed E-state index contributed by atoms with van der Waals surface area (Å²) in [5.41, 5.74) is 12.2. The van der Waals surface area contributed by atoms with E-state index in [1.165, 1.54) is 6.07 Å². The first-order valence-electron chi connectivity index (χ1n) is 4.56. The number of carboxylic acid groups (broad SMARTS) is 1. The van der Waals surface area contributed by atoms with Crippen LogP contribution in [0, 0.1) is 0 Å².